The van der Waals surface area contributed by atoms with E-state index in [1.54, 1.807) is 0 Å². The van der Waals surface area contributed by atoms with E-state index >= 15 is 0 Å². The van der Waals surface area contributed by atoms with E-state index in [0.29, 0.717) is 0 Å². The molecule has 0 aromatic carbocycles. The van der Waals surface area contributed by atoms with Crippen molar-refractivity contribution in [3.05, 3.63) is 50.2 Å². The van der Waals surface area contributed by atoms with Crippen LogP contribution >= 0.6 is 15.9 Å². The van der Waals surface area contributed by atoms with Gasteiger partial charge in [0.2, 0.25) is 0 Å². The maximum Gasteiger partial charge on any atom is 0.508 e. The van der Waals surface area contributed by atoms with Gasteiger partial charge in [-0.25, -0.2) is 9.59 Å². The van der Waals surface area contributed by atoms with Crippen molar-refractivity contribution in [2.75, 3.05) is 13.2 Å². The molecule has 2 rings (SSSR count). The Morgan fingerprint density at radius 3 is 2.96 bits per heavy atom. The molecule has 25 heavy (non-hydrogen) atoms. The molecule has 3 atom stereocenters. The molecule has 0 bridgehead atoms. The molecule has 0 aliphatic carbocycles. The van der Waals surface area contributed by atoms with Gasteiger partial charge in [0.05, 0.1) is 11.7 Å². The van der Waals surface area contributed by atoms with E-state index < -0.39 is 35.8 Å². The lowest BCUT2D eigenvalue weighted by Crippen LogP contribution is -2.33. The first-order valence-electron chi connectivity index (χ1n) is 7.32. The Hall–Kier alpha value is -2.17. The maximum atomic E-state index is 12.0. The summed E-state index contributed by atoms with van der Waals surface area (Å²) in [5.74, 6) is 0. The Bertz CT molecular complexity index is 770. The van der Waals surface area contributed by atoms with E-state index in [1.807, 2.05) is 0 Å². The van der Waals surface area contributed by atoms with E-state index in [2.05, 4.69) is 32.2 Å². The lowest BCUT2D eigenvalue weighted by molar-refractivity contribution is -0.0578. The number of hydrogen-bond acceptors (Lipinski definition) is 7. The Kier molecular flexibility index (Phi) is 6.73. The number of aromatic amines is 1. The molecule has 0 unspecified atom stereocenters. The standard InChI is InChI=1S/C15H17BrN2O7/c1-2-5-23-15(22)24-8-11-10(19)6-12(25-11)18-7-9(3-4-16)13(20)17-14(18)21/h2-4,7,10-12,19H,1,5-6,8H2,(H,17,20,21)/b4-3+/t10-,11+,12+/m0/s1. The highest BCUT2D eigenvalue weighted by atomic mass is 79.9. The molecule has 2 N–H and O–H groups in total. The van der Waals surface area contributed by atoms with Crippen LogP contribution in [0.5, 0.6) is 0 Å². The van der Waals surface area contributed by atoms with E-state index in [1.165, 1.54) is 27.9 Å². The van der Waals surface area contributed by atoms with Gasteiger partial charge in [0.15, 0.2) is 0 Å². The minimum atomic E-state index is -0.953. The van der Waals surface area contributed by atoms with Crippen LogP contribution in [0, 0.1) is 0 Å². The summed E-state index contributed by atoms with van der Waals surface area (Å²) >= 11 is 3.06. The van der Waals surface area contributed by atoms with E-state index in [0.717, 1.165) is 0 Å². The molecule has 1 aliphatic rings. The van der Waals surface area contributed by atoms with Crippen LogP contribution in [0.15, 0.2) is 33.4 Å². The minimum Gasteiger partial charge on any atom is -0.431 e. The molecule has 1 saturated heterocycles. The zero-order valence-corrected chi connectivity index (χ0v) is 14.7. The summed E-state index contributed by atoms with van der Waals surface area (Å²) in [4.78, 5) is 38.6. The fourth-order valence-electron chi connectivity index (χ4n) is 2.26. The molecule has 10 heteroatoms. The van der Waals surface area contributed by atoms with Crippen molar-refractivity contribution in [3.63, 3.8) is 0 Å². The van der Waals surface area contributed by atoms with Crippen LogP contribution in [0.4, 0.5) is 4.79 Å². The second-order valence-corrected chi connectivity index (χ2v) is 5.67. The number of aliphatic hydroxyl groups is 1. The average molecular weight is 417 g/mol. The third kappa shape index (κ3) is 4.91. The predicted octanol–water partition coefficient (Wildman–Crippen LogP) is 0.890. The Labute approximate surface area is 150 Å². The zero-order valence-electron chi connectivity index (χ0n) is 13.1. The zero-order chi connectivity index (χ0) is 18.4. The summed E-state index contributed by atoms with van der Waals surface area (Å²) in [7, 11) is 0. The lowest BCUT2D eigenvalue weighted by atomic mass is 10.2. The van der Waals surface area contributed by atoms with E-state index in [4.69, 9.17) is 9.47 Å². The Morgan fingerprint density at radius 1 is 1.52 bits per heavy atom. The smallest absolute Gasteiger partial charge is 0.431 e. The number of carbonyl (C=O) groups is 1. The Balaban J connectivity index is 2.07. The van der Waals surface area contributed by atoms with Gasteiger partial charge in [-0.2, -0.15) is 0 Å². The van der Waals surface area contributed by atoms with Crippen LogP contribution in [0.25, 0.3) is 6.08 Å². The van der Waals surface area contributed by atoms with Crippen molar-refractivity contribution < 1.29 is 24.1 Å². The van der Waals surface area contributed by atoms with Crippen molar-refractivity contribution in [1.29, 1.82) is 0 Å². The molecule has 1 aromatic heterocycles. The number of aliphatic hydroxyl groups excluding tert-OH is 1. The largest absolute Gasteiger partial charge is 0.508 e. The fraction of sp³-hybridized carbons (Fsp3) is 0.400. The number of hydrogen-bond donors (Lipinski definition) is 2. The highest BCUT2D eigenvalue weighted by Crippen LogP contribution is 2.28. The number of halogens is 1. The van der Waals surface area contributed by atoms with Crippen LogP contribution in [0.2, 0.25) is 0 Å². The van der Waals surface area contributed by atoms with Crippen molar-refractivity contribution in [2.45, 2.75) is 24.9 Å². The van der Waals surface area contributed by atoms with Gasteiger partial charge >= 0.3 is 11.8 Å². The van der Waals surface area contributed by atoms with Crippen LogP contribution in [-0.2, 0) is 14.2 Å². The fourth-order valence-corrected chi connectivity index (χ4v) is 2.54. The van der Waals surface area contributed by atoms with Gasteiger partial charge in [-0.15, -0.1) is 0 Å². The lowest BCUT2D eigenvalue weighted by Gasteiger charge is -2.16. The summed E-state index contributed by atoms with van der Waals surface area (Å²) in [6.45, 7) is 3.17. The van der Waals surface area contributed by atoms with E-state index in [9.17, 15) is 19.5 Å². The first kappa shape index (κ1) is 19.2. The first-order chi connectivity index (χ1) is 12.0. The van der Waals surface area contributed by atoms with Crippen LogP contribution in [0.3, 0.4) is 0 Å². The van der Waals surface area contributed by atoms with Crippen molar-refractivity contribution in [1.82, 2.24) is 9.55 Å². The molecule has 0 radical (unpaired) electrons. The molecular formula is C15H17BrN2O7. The third-order valence-electron chi connectivity index (χ3n) is 3.44. The molecule has 1 aromatic rings. The van der Waals surface area contributed by atoms with Crippen LogP contribution in [-0.4, -0.2) is 46.2 Å². The number of carbonyl (C=O) groups excluding carboxylic acids is 1. The van der Waals surface area contributed by atoms with Gasteiger partial charge in [-0.3, -0.25) is 14.3 Å². The Morgan fingerprint density at radius 2 is 2.28 bits per heavy atom. The van der Waals surface area contributed by atoms with Crippen molar-refractivity contribution in [3.8, 4) is 0 Å². The number of ether oxygens (including phenoxy) is 3. The van der Waals surface area contributed by atoms with Gasteiger partial charge in [0.25, 0.3) is 5.56 Å². The summed E-state index contributed by atoms with van der Waals surface area (Å²) in [6.07, 6.45) is 0.791. The molecular weight excluding hydrogens is 400 g/mol. The normalized spacial score (nSPS) is 22.9. The second kappa shape index (κ2) is 8.79. The predicted molar refractivity (Wildman–Crippen MR) is 91.3 cm³/mol. The van der Waals surface area contributed by atoms with Gasteiger partial charge < -0.3 is 19.3 Å². The number of rotatable bonds is 6. The highest BCUT2D eigenvalue weighted by Gasteiger charge is 2.36. The van der Waals surface area contributed by atoms with Gasteiger partial charge in [0, 0.05) is 12.6 Å². The molecule has 1 aliphatic heterocycles. The van der Waals surface area contributed by atoms with Gasteiger partial charge in [-0.1, -0.05) is 28.6 Å². The molecule has 2 heterocycles. The molecule has 0 amide bonds. The summed E-state index contributed by atoms with van der Waals surface area (Å²) in [6, 6.07) is 0. The summed E-state index contributed by atoms with van der Waals surface area (Å²) in [5.41, 5.74) is -0.969. The number of nitrogens with one attached hydrogen (secondary N) is 1. The number of H-pyrrole nitrogens is 1. The molecule has 0 spiro atoms. The molecule has 1 fully saturated rings. The van der Waals surface area contributed by atoms with Crippen molar-refractivity contribution >= 4 is 28.2 Å². The van der Waals surface area contributed by atoms with E-state index in [-0.39, 0.29) is 25.2 Å². The van der Waals surface area contributed by atoms with Gasteiger partial charge in [0.1, 0.15) is 25.5 Å². The van der Waals surface area contributed by atoms with Crippen molar-refractivity contribution in [2.24, 2.45) is 0 Å². The monoisotopic (exact) mass is 416 g/mol. The highest BCUT2D eigenvalue weighted by molar-refractivity contribution is 9.11. The number of nitrogens with zero attached hydrogens (tertiary/aromatic N) is 1. The molecule has 136 valence electrons. The topological polar surface area (TPSA) is 120 Å². The van der Waals surface area contributed by atoms with Gasteiger partial charge in [-0.05, 0) is 11.1 Å². The molecule has 0 saturated carbocycles. The minimum absolute atomic E-state index is 0.00613. The SMILES string of the molecule is C=CCOC(=O)OC[C@H]1O[C@@H](n2cc(/C=C/Br)c(=O)[nH]c2=O)C[C@@H]1O. The quantitative estimate of drug-likeness (QED) is 0.521. The summed E-state index contributed by atoms with van der Waals surface area (Å²) < 4.78 is 16.2. The first-order valence-corrected chi connectivity index (χ1v) is 8.24. The molecule has 9 nitrogen and oxygen atoms in total. The number of aromatic nitrogens is 2. The average Bonchev–Trinajstić information content (AvgIpc) is 2.94. The summed E-state index contributed by atoms with van der Waals surface area (Å²) in [5, 5.41) is 10.0. The van der Waals surface area contributed by atoms with Crippen LogP contribution in [0.1, 0.15) is 18.2 Å². The third-order valence-corrected chi connectivity index (χ3v) is 3.70. The van der Waals surface area contributed by atoms with Crippen LogP contribution < -0.4 is 11.2 Å². The maximum absolute atomic E-state index is 12.0. The second-order valence-electron chi connectivity index (χ2n) is 5.14.